The van der Waals surface area contributed by atoms with Gasteiger partial charge in [-0.25, -0.2) is 5.01 Å². The van der Waals surface area contributed by atoms with E-state index in [9.17, 15) is 9.59 Å². The van der Waals surface area contributed by atoms with Crippen molar-refractivity contribution in [3.8, 4) is 0 Å². The summed E-state index contributed by atoms with van der Waals surface area (Å²) < 4.78 is 5.76. The highest BCUT2D eigenvalue weighted by atomic mass is 16.5. The monoisotopic (exact) mass is 328 g/mol. The SMILES string of the molecule is O=C1CN=C(C(=O)N2CCOC3CCCC32)NN1c1ccccc1. The van der Waals surface area contributed by atoms with Gasteiger partial charge in [-0.15, -0.1) is 0 Å². The van der Waals surface area contributed by atoms with Crippen LogP contribution in [-0.2, 0) is 14.3 Å². The lowest BCUT2D eigenvalue weighted by atomic mass is 10.1. The van der Waals surface area contributed by atoms with Crippen LogP contribution in [0.15, 0.2) is 35.3 Å². The molecule has 0 bridgehead atoms. The molecule has 3 aliphatic rings. The smallest absolute Gasteiger partial charge is 0.291 e. The molecule has 24 heavy (non-hydrogen) atoms. The summed E-state index contributed by atoms with van der Waals surface area (Å²) in [6, 6.07) is 9.34. The first-order valence-corrected chi connectivity index (χ1v) is 8.36. The Morgan fingerprint density at radius 3 is 2.92 bits per heavy atom. The van der Waals surface area contributed by atoms with Crippen molar-refractivity contribution in [1.82, 2.24) is 10.3 Å². The predicted octanol–water partition coefficient (Wildman–Crippen LogP) is 0.716. The fraction of sp³-hybridized carbons (Fsp3) is 0.471. The molecule has 2 heterocycles. The normalized spacial score (nSPS) is 26.7. The molecule has 2 atom stereocenters. The van der Waals surface area contributed by atoms with Crippen LogP contribution in [0.1, 0.15) is 19.3 Å². The molecule has 0 radical (unpaired) electrons. The Bertz CT molecular complexity index is 676. The second-order valence-electron chi connectivity index (χ2n) is 6.25. The lowest BCUT2D eigenvalue weighted by Crippen LogP contribution is -2.60. The average molecular weight is 328 g/mol. The number of amides is 2. The number of aliphatic imine (C=N–C) groups is 1. The molecule has 7 heteroatoms. The molecule has 2 amide bonds. The summed E-state index contributed by atoms with van der Waals surface area (Å²) in [5.41, 5.74) is 3.60. The molecular formula is C17H20N4O3. The third kappa shape index (κ3) is 2.65. The Balaban J connectivity index is 1.53. The van der Waals surface area contributed by atoms with Gasteiger partial charge in [-0.1, -0.05) is 18.2 Å². The first-order valence-electron chi connectivity index (χ1n) is 8.36. The van der Waals surface area contributed by atoms with Crippen molar-refractivity contribution >= 4 is 23.3 Å². The van der Waals surface area contributed by atoms with Gasteiger partial charge in [0, 0.05) is 6.54 Å². The van der Waals surface area contributed by atoms with Crippen molar-refractivity contribution in [2.24, 2.45) is 4.99 Å². The maximum Gasteiger partial charge on any atom is 0.291 e. The first-order chi connectivity index (χ1) is 11.7. The fourth-order valence-electron chi connectivity index (χ4n) is 3.64. The van der Waals surface area contributed by atoms with Crippen LogP contribution >= 0.6 is 0 Å². The number of fused-ring (bicyclic) bond motifs is 1. The molecular weight excluding hydrogens is 308 g/mol. The van der Waals surface area contributed by atoms with Crippen molar-refractivity contribution in [2.75, 3.05) is 24.7 Å². The molecule has 126 valence electrons. The molecule has 2 unspecified atom stereocenters. The van der Waals surface area contributed by atoms with E-state index in [1.807, 2.05) is 35.2 Å². The molecule has 4 rings (SSSR count). The molecule has 7 nitrogen and oxygen atoms in total. The number of benzene rings is 1. The number of ether oxygens (including phenoxy) is 1. The lowest BCUT2D eigenvalue weighted by Gasteiger charge is -2.38. The third-order valence-corrected chi connectivity index (χ3v) is 4.80. The second-order valence-corrected chi connectivity index (χ2v) is 6.25. The van der Waals surface area contributed by atoms with Gasteiger partial charge in [0.1, 0.15) is 6.54 Å². The molecule has 1 aromatic rings. The minimum atomic E-state index is -0.182. The molecule has 0 spiro atoms. The van der Waals surface area contributed by atoms with Crippen molar-refractivity contribution in [3.63, 3.8) is 0 Å². The molecule has 1 aromatic carbocycles. The van der Waals surface area contributed by atoms with Crippen LogP contribution in [0.25, 0.3) is 0 Å². The molecule has 1 saturated carbocycles. The quantitative estimate of drug-likeness (QED) is 0.868. The first kappa shape index (κ1) is 15.1. The molecule has 1 aliphatic carbocycles. The summed E-state index contributed by atoms with van der Waals surface area (Å²) in [5, 5.41) is 1.40. The Kier molecular flexibility index (Phi) is 3.93. The van der Waals surface area contributed by atoms with Gasteiger partial charge in [0.25, 0.3) is 11.8 Å². The molecule has 2 fully saturated rings. The van der Waals surface area contributed by atoms with Gasteiger partial charge < -0.3 is 9.64 Å². The molecule has 1 saturated heterocycles. The van der Waals surface area contributed by atoms with E-state index in [-0.39, 0.29) is 36.3 Å². The van der Waals surface area contributed by atoms with Gasteiger partial charge >= 0.3 is 0 Å². The highest BCUT2D eigenvalue weighted by Crippen LogP contribution is 2.29. The maximum absolute atomic E-state index is 12.9. The number of rotatable bonds is 2. The Hall–Kier alpha value is -2.41. The maximum atomic E-state index is 12.9. The summed E-state index contributed by atoms with van der Waals surface area (Å²) in [4.78, 5) is 31.1. The Morgan fingerprint density at radius 2 is 2.08 bits per heavy atom. The van der Waals surface area contributed by atoms with Crippen LogP contribution in [0.3, 0.4) is 0 Å². The number of hydrazine groups is 1. The number of nitrogens with one attached hydrogen (secondary N) is 1. The topological polar surface area (TPSA) is 74.2 Å². The summed E-state index contributed by atoms with van der Waals surface area (Å²) in [7, 11) is 0. The zero-order valence-electron chi connectivity index (χ0n) is 13.4. The number of hydrogen-bond donors (Lipinski definition) is 1. The van der Waals surface area contributed by atoms with Crippen molar-refractivity contribution in [2.45, 2.75) is 31.4 Å². The summed E-state index contributed by atoms with van der Waals surface area (Å²) in [5.74, 6) is -0.104. The van der Waals surface area contributed by atoms with Gasteiger partial charge in [-0.05, 0) is 31.4 Å². The van der Waals surface area contributed by atoms with E-state index in [1.165, 1.54) is 5.01 Å². The van der Waals surface area contributed by atoms with Crippen LogP contribution in [-0.4, -0.2) is 54.4 Å². The van der Waals surface area contributed by atoms with E-state index in [0.29, 0.717) is 18.8 Å². The molecule has 2 aliphatic heterocycles. The van der Waals surface area contributed by atoms with Gasteiger partial charge in [-0.2, -0.15) is 0 Å². The standard InChI is InChI=1S/C17H20N4O3/c22-15-11-18-16(19-21(15)12-5-2-1-3-6-12)17(23)20-9-10-24-14-8-4-7-13(14)20/h1-3,5-6,13-14H,4,7-11H2,(H,18,19). The number of anilines is 1. The Morgan fingerprint density at radius 1 is 1.25 bits per heavy atom. The minimum absolute atomic E-state index is 0.0264. The zero-order chi connectivity index (χ0) is 16.5. The van der Waals surface area contributed by atoms with Crippen LogP contribution < -0.4 is 10.4 Å². The number of nitrogens with zero attached hydrogens (tertiary/aromatic N) is 3. The number of morpholine rings is 1. The van der Waals surface area contributed by atoms with E-state index >= 15 is 0 Å². The van der Waals surface area contributed by atoms with Crippen LogP contribution in [0, 0.1) is 0 Å². The van der Waals surface area contributed by atoms with Gasteiger partial charge in [0.15, 0.2) is 0 Å². The van der Waals surface area contributed by atoms with E-state index in [2.05, 4.69) is 10.4 Å². The summed E-state index contributed by atoms with van der Waals surface area (Å²) >= 11 is 0. The van der Waals surface area contributed by atoms with Crippen molar-refractivity contribution < 1.29 is 14.3 Å². The lowest BCUT2D eigenvalue weighted by molar-refractivity contribution is -0.137. The third-order valence-electron chi connectivity index (χ3n) is 4.80. The predicted molar refractivity (Wildman–Crippen MR) is 88.5 cm³/mol. The summed E-state index contributed by atoms with van der Waals surface area (Å²) in [6.07, 6.45) is 3.18. The van der Waals surface area contributed by atoms with Crippen molar-refractivity contribution in [3.05, 3.63) is 30.3 Å². The second kappa shape index (κ2) is 6.24. The van der Waals surface area contributed by atoms with Crippen LogP contribution in [0.5, 0.6) is 0 Å². The number of amidine groups is 1. The van der Waals surface area contributed by atoms with Crippen LogP contribution in [0.4, 0.5) is 5.69 Å². The highest BCUT2D eigenvalue weighted by molar-refractivity contribution is 6.39. The highest BCUT2D eigenvalue weighted by Gasteiger charge is 2.40. The van der Waals surface area contributed by atoms with Crippen molar-refractivity contribution in [1.29, 1.82) is 0 Å². The largest absolute Gasteiger partial charge is 0.374 e. The molecule has 1 N–H and O–H groups in total. The van der Waals surface area contributed by atoms with E-state index in [0.717, 1.165) is 19.3 Å². The summed E-state index contributed by atoms with van der Waals surface area (Å²) in [6.45, 7) is 1.10. The number of para-hydroxylation sites is 1. The minimum Gasteiger partial charge on any atom is -0.374 e. The zero-order valence-corrected chi connectivity index (χ0v) is 13.4. The number of carbonyl (C=O) groups excluding carboxylic acids is 2. The van der Waals surface area contributed by atoms with Gasteiger partial charge in [0.05, 0.1) is 24.4 Å². The van der Waals surface area contributed by atoms with Gasteiger partial charge in [0.2, 0.25) is 5.84 Å². The number of carbonyl (C=O) groups is 2. The fourth-order valence-corrected chi connectivity index (χ4v) is 3.64. The number of hydrogen-bond acceptors (Lipinski definition) is 5. The average Bonchev–Trinajstić information content (AvgIpc) is 3.11. The Labute approximate surface area is 140 Å². The van der Waals surface area contributed by atoms with Gasteiger partial charge in [-0.3, -0.25) is 20.0 Å². The molecule has 0 aromatic heterocycles. The van der Waals surface area contributed by atoms with Crippen LogP contribution in [0.2, 0.25) is 0 Å². The van der Waals surface area contributed by atoms with E-state index < -0.39 is 0 Å². The van der Waals surface area contributed by atoms with E-state index in [1.54, 1.807) is 0 Å². The van der Waals surface area contributed by atoms with E-state index in [4.69, 9.17) is 4.74 Å².